The summed E-state index contributed by atoms with van der Waals surface area (Å²) in [5, 5.41) is 10.5. The van der Waals surface area contributed by atoms with Crippen molar-refractivity contribution in [3.8, 4) is 0 Å². The lowest BCUT2D eigenvalue weighted by atomic mass is 9.81. The molecule has 1 saturated heterocycles. The van der Waals surface area contributed by atoms with Crippen LogP contribution in [-0.2, 0) is 9.47 Å². The molecule has 1 saturated carbocycles. The number of ether oxygens (including phenoxy) is 2. The Labute approximate surface area is 104 Å². The van der Waals surface area contributed by atoms with Gasteiger partial charge in [-0.15, -0.1) is 6.58 Å². The van der Waals surface area contributed by atoms with E-state index >= 15 is 0 Å². The highest BCUT2D eigenvalue weighted by Gasteiger charge is 2.49. The standard InChI is InChI=1S/C14H24O3/c1-3-9-14(15)10-12(17-13(14)16-2)11-7-5-4-6-8-11/h3,11-13,15H,1,4-10H2,2H3/t12-,13?,14-/m1/s1. The molecule has 3 nitrogen and oxygen atoms in total. The maximum atomic E-state index is 10.5. The second-order valence-corrected chi connectivity index (χ2v) is 5.44. The molecule has 0 aromatic carbocycles. The fourth-order valence-corrected chi connectivity index (χ4v) is 3.27. The van der Waals surface area contributed by atoms with Gasteiger partial charge in [0.25, 0.3) is 0 Å². The van der Waals surface area contributed by atoms with Crippen molar-refractivity contribution < 1.29 is 14.6 Å². The SMILES string of the molecule is C=CC[C@@]1(O)C[C@H](C2CCCCC2)OC1OC. The van der Waals surface area contributed by atoms with Crippen molar-refractivity contribution in [2.24, 2.45) is 5.92 Å². The van der Waals surface area contributed by atoms with E-state index in [1.165, 1.54) is 32.1 Å². The average Bonchev–Trinajstić information content (AvgIpc) is 2.68. The van der Waals surface area contributed by atoms with Gasteiger partial charge in [0.1, 0.15) is 5.60 Å². The fraction of sp³-hybridized carbons (Fsp3) is 0.857. The lowest BCUT2D eigenvalue weighted by molar-refractivity contribution is -0.190. The van der Waals surface area contributed by atoms with Crippen molar-refractivity contribution in [3.05, 3.63) is 12.7 Å². The van der Waals surface area contributed by atoms with Crippen LogP contribution in [-0.4, -0.2) is 30.2 Å². The maximum absolute atomic E-state index is 10.5. The highest BCUT2D eigenvalue weighted by molar-refractivity contribution is 4.98. The van der Waals surface area contributed by atoms with E-state index in [1.54, 1.807) is 13.2 Å². The third-order valence-electron chi connectivity index (χ3n) is 4.18. The van der Waals surface area contributed by atoms with Crippen molar-refractivity contribution in [2.45, 2.75) is 62.9 Å². The number of hydrogen-bond acceptors (Lipinski definition) is 3. The zero-order chi connectivity index (χ0) is 12.3. The molecule has 1 unspecified atom stereocenters. The molecule has 1 N–H and O–H groups in total. The largest absolute Gasteiger partial charge is 0.384 e. The van der Waals surface area contributed by atoms with E-state index in [2.05, 4.69) is 6.58 Å². The summed E-state index contributed by atoms with van der Waals surface area (Å²) in [5.74, 6) is 0.597. The van der Waals surface area contributed by atoms with E-state index in [4.69, 9.17) is 9.47 Å². The third kappa shape index (κ3) is 2.72. The molecule has 0 aromatic heterocycles. The number of aliphatic hydroxyl groups is 1. The fourth-order valence-electron chi connectivity index (χ4n) is 3.27. The Morgan fingerprint density at radius 2 is 2.12 bits per heavy atom. The summed E-state index contributed by atoms with van der Waals surface area (Å²) in [6.45, 7) is 3.70. The molecule has 2 aliphatic rings. The Morgan fingerprint density at radius 1 is 1.41 bits per heavy atom. The first-order valence-corrected chi connectivity index (χ1v) is 6.71. The first-order valence-electron chi connectivity index (χ1n) is 6.71. The smallest absolute Gasteiger partial charge is 0.186 e. The van der Waals surface area contributed by atoms with Crippen LogP contribution in [0.4, 0.5) is 0 Å². The minimum Gasteiger partial charge on any atom is -0.384 e. The normalized spacial score (nSPS) is 39.4. The molecule has 1 aliphatic carbocycles. The Balaban J connectivity index is 2.00. The summed E-state index contributed by atoms with van der Waals surface area (Å²) in [6, 6.07) is 0. The number of rotatable bonds is 4. The topological polar surface area (TPSA) is 38.7 Å². The second kappa shape index (κ2) is 5.51. The first kappa shape index (κ1) is 13.1. The predicted octanol–water partition coefficient (Wildman–Crippen LogP) is 2.64. The Kier molecular flexibility index (Phi) is 4.23. The van der Waals surface area contributed by atoms with Crippen LogP contribution in [0.2, 0.25) is 0 Å². The van der Waals surface area contributed by atoms with Gasteiger partial charge in [-0.1, -0.05) is 25.3 Å². The summed E-state index contributed by atoms with van der Waals surface area (Å²) in [7, 11) is 1.60. The molecule has 0 amide bonds. The van der Waals surface area contributed by atoms with Crippen LogP contribution >= 0.6 is 0 Å². The molecule has 2 fully saturated rings. The average molecular weight is 240 g/mol. The van der Waals surface area contributed by atoms with Crippen LogP contribution in [0, 0.1) is 5.92 Å². The Morgan fingerprint density at radius 3 is 2.71 bits per heavy atom. The summed E-state index contributed by atoms with van der Waals surface area (Å²) < 4.78 is 11.2. The predicted molar refractivity (Wildman–Crippen MR) is 66.6 cm³/mol. The monoisotopic (exact) mass is 240 g/mol. The van der Waals surface area contributed by atoms with Crippen LogP contribution in [0.3, 0.4) is 0 Å². The van der Waals surface area contributed by atoms with Gasteiger partial charge in [0.05, 0.1) is 6.10 Å². The number of hydrogen-bond donors (Lipinski definition) is 1. The lowest BCUT2D eigenvalue weighted by Crippen LogP contribution is -2.38. The Bertz CT molecular complexity index is 260. The molecule has 0 radical (unpaired) electrons. The highest BCUT2D eigenvalue weighted by atomic mass is 16.7. The van der Waals surface area contributed by atoms with Gasteiger partial charge < -0.3 is 14.6 Å². The van der Waals surface area contributed by atoms with Gasteiger partial charge in [-0.05, 0) is 25.2 Å². The lowest BCUT2D eigenvalue weighted by Gasteiger charge is -2.26. The summed E-state index contributed by atoms with van der Waals surface area (Å²) >= 11 is 0. The van der Waals surface area contributed by atoms with Gasteiger partial charge in [0.15, 0.2) is 6.29 Å². The zero-order valence-electron chi connectivity index (χ0n) is 10.7. The van der Waals surface area contributed by atoms with E-state index < -0.39 is 11.9 Å². The summed E-state index contributed by atoms with van der Waals surface area (Å²) in [6.07, 6.45) is 9.02. The van der Waals surface area contributed by atoms with Gasteiger partial charge in [-0.25, -0.2) is 0 Å². The van der Waals surface area contributed by atoms with E-state index in [0.717, 1.165) is 0 Å². The highest BCUT2D eigenvalue weighted by Crippen LogP contribution is 2.41. The zero-order valence-corrected chi connectivity index (χ0v) is 10.7. The van der Waals surface area contributed by atoms with Gasteiger partial charge in [0, 0.05) is 13.5 Å². The molecule has 1 heterocycles. The van der Waals surface area contributed by atoms with Gasteiger partial charge >= 0.3 is 0 Å². The third-order valence-corrected chi connectivity index (χ3v) is 4.18. The van der Waals surface area contributed by atoms with Gasteiger partial charge in [0.2, 0.25) is 0 Å². The van der Waals surface area contributed by atoms with Crippen molar-refractivity contribution in [2.75, 3.05) is 7.11 Å². The quantitative estimate of drug-likeness (QED) is 0.768. The minimum absolute atomic E-state index is 0.158. The van der Waals surface area contributed by atoms with Crippen LogP contribution in [0.5, 0.6) is 0 Å². The number of methoxy groups -OCH3 is 1. The first-order chi connectivity index (χ1) is 8.19. The summed E-state index contributed by atoms with van der Waals surface area (Å²) in [4.78, 5) is 0. The second-order valence-electron chi connectivity index (χ2n) is 5.44. The maximum Gasteiger partial charge on any atom is 0.186 e. The molecule has 0 spiro atoms. The van der Waals surface area contributed by atoms with Crippen molar-refractivity contribution in [3.63, 3.8) is 0 Å². The molecular formula is C14H24O3. The molecule has 3 atom stereocenters. The van der Waals surface area contributed by atoms with Gasteiger partial charge in [-0.3, -0.25) is 0 Å². The van der Waals surface area contributed by atoms with Gasteiger partial charge in [-0.2, -0.15) is 0 Å². The molecule has 3 heteroatoms. The molecule has 0 bridgehead atoms. The van der Waals surface area contributed by atoms with Crippen LogP contribution in [0.15, 0.2) is 12.7 Å². The molecule has 17 heavy (non-hydrogen) atoms. The van der Waals surface area contributed by atoms with Crippen molar-refractivity contribution >= 4 is 0 Å². The van der Waals surface area contributed by atoms with E-state index in [1.807, 2.05) is 0 Å². The van der Waals surface area contributed by atoms with E-state index in [-0.39, 0.29) is 6.10 Å². The van der Waals surface area contributed by atoms with E-state index in [0.29, 0.717) is 18.8 Å². The van der Waals surface area contributed by atoms with Crippen LogP contribution in [0.1, 0.15) is 44.9 Å². The molecule has 1 aliphatic heterocycles. The Hall–Kier alpha value is -0.380. The molecular weight excluding hydrogens is 216 g/mol. The minimum atomic E-state index is -0.876. The van der Waals surface area contributed by atoms with E-state index in [9.17, 15) is 5.11 Å². The molecule has 98 valence electrons. The summed E-state index contributed by atoms with van der Waals surface area (Å²) in [5.41, 5.74) is -0.876. The van der Waals surface area contributed by atoms with Crippen LogP contribution in [0.25, 0.3) is 0 Å². The van der Waals surface area contributed by atoms with Crippen molar-refractivity contribution in [1.82, 2.24) is 0 Å². The molecule has 0 aromatic rings. The van der Waals surface area contributed by atoms with Crippen molar-refractivity contribution in [1.29, 1.82) is 0 Å². The molecule has 2 rings (SSSR count). The van der Waals surface area contributed by atoms with Crippen LogP contribution < -0.4 is 0 Å².